The summed E-state index contributed by atoms with van der Waals surface area (Å²) in [4.78, 5) is 16.3. The molecular weight excluding hydrogens is 352 g/mol. The molecule has 1 aromatic heterocycles. The second-order valence-corrected chi connectivity index (χ2v) is 8.18. The Labute approximate surface area is 146 Å². The van der Waals surface area contributed by atoms with Gasteiger partial charge in [0.15, 0.2) is 11.5 Å². The lowest BCUT2D eigenvalue weighted by atomic mass is 9.75. The molecule has 3 nitrogen and oxygen atoms in total. The topological polar surface area (TPSA) is 43.2 Å². The first kappa shape index (κ1) is 16.4. The summed E-state index contributed by atoms with van der Waals surface area (Å²) in [5, 5.41) is 4.63. The van der Waals surface area contributed by atoms with Crippen molar-refractivity contribution in [3.8, 4) is 0 Å². The maximum atomic E-state index is 12.8. The van der Waals surface area contributed by atoms with Crippen molar-refractivity contribution in [1.29, 1.82) is 0 Å². The van der Waals surface area contributed by atoms with E-state index in [1.54, 1.807) is 0 Å². The third-order valence-corrected chi connectivity index (χ3v) is 4.99. The van der Waals surface area contributed by atoms with Crippen LogP contribution in [0, 0.1) is 5.41 Å². The van der Waals surface area contributed by atoms with E-state index in [1.165, 1.54) is 0 Å². The van der Waals surface area contributed by atoms with Crippen LogP contribution in [-0.4, -0.2) is 12.3 Å². The molecule has 0 saturated heterocycles. The van der Waals surface area contributed by atoms with Crippen molar-refractivity contribution in [3.05, 3.63) is 33.9 Å². The maximum Gasteiger partial charge on any atom is 0.213 e. The first-order valence-corrected chi connectivity index (χ1v) is 9.15. The van der Waals surface area contributed by atoms with Gasteiger partial charge in [0.1, 0.15) is 5.56 Å². The largest absolute Gasteiger partial charge is 0.384 e. The smallest absolute Gasteiger partial charge is 0.213 e. The number of fused-ring (bicyclic) bond motifs is 2. The lowest BCUT2D eigenvalue weighted by molar-refractivity contribution is -0.360. The molecule has 0 spiro atoms. The zero-order chi connectivity index (χ0) is 16.6. The van der Waals surface area contributed by atoms with Gasteiger partial charge in [0.2, 0.25) is 5.52 Å². The molecule has 1 aromatic carbocycles. The summed E-state index contributed by atoms with van der Waals surface area (Å²) in [5.41, 5.74) is 4.04. The minimum absolute atomic E-state index is 0.0182. The molecule has 0 unspecified atom stereocenters. The molecule has 122 valence electrons. The van der Waals surface area contributed by atoms with Crippen LogP contribution in [0.1, 0.15) is 56.1 Å². The number of benzene rings is 1. The minimum Gasteiger partial charge on any atom is -0.384 e. The van der Waals surface area contributed by atoms with Crippen molar-refractivity contribution >= 4 is 38.3 Å². The van der Waals surface area contributed by atoms with Gasteiger partial charge in [0.05, 0.1) is 11.1 Å². The predicted octanol–water partition coefficient (Wildman–Crippen LogP) is 4.78. The highest BCUT2D eigenvalue weighted by atomic mass is 79.9. The summed E-state index contributed by atoms with van der Waals surface area (Å²) in [7, 11) is 0. The van der Waals surface area contributed by atoms with E-state index in [-0.39, 0.29) is 11.2 Å². The molecule has 2 aromatic rings. The van der Waals surface area contributed by atoms with Crippen molar-refractivity contribution in [3.63, 3.8) is 0 Å². The molecule has 0 saturated carbocycles. The van der Waals surface area contributed by atoms with Crippen LogP contribution < -0.4 is 10.3 Å². The molecule has 0 atom stereocenters. The Hall–Kier alpha value is -1.42. The van der Waals surface area contributed by atoms with Gasteiger partial charge in [0.25, 0.3) is 0 Å². The van der Waals surface area contributed by atoms with Crippen LogP contribution in [0.5, 0.6) is 0 Å². The number of carbonyl (C=O) groups excluding carboxylic acids is 1. The van der Waals surface area contributed by atoms with E-state index >= 15 is 0 Å². The minimum atomic E-state index is 0.0182. The van der Waals surface area contributed by atoms with Gasteiger partial charge in [-0.05, 0) is 24.0 Å². The van der Waals surface area contributed by atoms with Crippen LogP contribution in [-0.2, 0) is 6.42 Å². The molecule has 1 aliphatic rings. The summed E-state index contributed by atoms with van der Waals surface area (Å²) >= 11 is 3.55. The summed E-state index contributed by atoms with van der Waals surface area (Å²) in [5.74, 6) is 0.244. The Balaban J connectivity index is 2.20. The van der Waals surface area contributed by atoms with E-state index in [2.05, 4.69) is 59.1 Å². The monoisotopic (exact) mass is 375 g/mol. The van der Waals surface area contributed by atoms with Crippen LogP contribution in [0.3, 0.4) is 0 Å². The van der Waals surface area contributed by atoms with Gasteiger partial charge >= 0.3 is 0 Å². The van der Waals surface area contributed by atoms with E-state index in [0.29, 0.717) is 6.42 Å². The predicted molar refractivity (Wildman–Crippen MR) is 98.0 cm³/mol. The van der Waals surface area contributed by atoms with Crippen LogP contribution in [0.15, 0.2) is 22.7 Å². The van der Waals surface area contributed by atoms with Crippen molar-refractivity contribution < 1.29 is 9.78 Å². The number of pyridine rings is 1. The number of nitrogens with one attached hydrogen (secondary N) is 2. The van der Waals surface area contributed by atoms with Crippen LogP contribution in [0.4, 0.5) is 5.69 Å². The maximum absolute atomic E-state index is 12.8. The van der Waals surface area contributed by atoms with E-state index in [4.69, 9.17) is 0 Å². The fourth-order valence-corrected chi connectivity index (χ4v) is 3.78. The highest BCUT2D eigenvalue weighted by Crippen LogP contribution is 2.38. The molecule has 0 aliphatic heterocycles. The molecule has 1 aliphatic carbocycles. The Bertz CT molecular complexity index is 768. The highest BCUT2D eigenvalue weighted by Gasteiger charge is 2.37. The van der Waals surface area contributed by atoms with Crippen LogP contribution in [0.2, 0.25) is 0 Å². The molecule has 23 heavy (non-hydrogen) atoms. The number of carbonyl (C=O) groups is 1. The Kier molecular flexibility index (Phi) is 4.45. The fraction of sp³-hybridized carbons (Fsp3) is 0.474. The number of hydrogen-bond acceptors (Lipinski definition) is 2. The number of H-pyrrole nitrogens is 1. The van der Waals surface area contributed by atoms with Gasteiger partial charge in [-0.15, -0.1) is 0 Å². The molecule has 0 radical (unpaired) electrons. The number of aromatic amines is 1. The molecule has 2 N–H and O–H groups in total. The van der Waals surface area contributed by atoms with Crippen molar-refractivity contribution in [2.24, 2.45) is 5.41 Å². The third kappa shape index (κ3) is 3.27. The number of unbranched alkanes of at least 4 members (excludes halogenated alkanes) is 1. The van der Waals surface area contributed by atoms with E-state index in [1.807, 2.05) is 6.07 Å². The zero-order valence-electron chi connectivity index (χ0n) is 14.1. The molecule has 0 fully saturated rings. The van der Waals surface area contributed by atoms with Gasteiger partial charge < -0.3 is 5.32 Å². The molecule has 3 rings (SSSR count). The van der Waals surface area contributed by atoms with E-state index < -0.39 is 0 Å². The molecule has 1 heterocycles. The number of aromatic nitrogens is 1. The van der Waals surface area contributed by atoms with Gasteiger partial charge in [-0.1, -0.05) is 43.1 Å². The number of ketones is 1. The second kappa shape index (κ2) is 6.23. The lowest BCUT2D eigenvalue weighted by Crippen LogP contribution is -2.33. The number of Topliss-reactive ketones (excluding diaryl/α,β-unsaturated/α-hetero) is 1. The van der Waals surface area contributed by atoms with Gasteiger partial charge in [-0.3, -0.25) is 4.79 Å². The second-order valence-electron chi connectivity index (χ2n) is 7.26. The third-order valence-electron chi connectivity index (χ3n) is 4.49. The summed E-state index contributed by atoms with van der Waals surface area (Å²) < 4.78 is 1.03. The van der Waals surface area contributed by atoms with Gasteiger partial charge in [-0.25, -0.2) is 4.98 Å². The Morgan fingerprint density at radius 2 is 2.09 bits per heavy atom. The summed E-state index contributed by atoms with van der Waals surface area (Å²) in [6.45, 7) is 7.40. The van der Waals surface area contributed by atoms with Crippen molar-refractivity contribution in [1.82, 2.24) is 0 Å². The standard InChI is InChI=1S/C19H23BrN2O/c1-4-5-8-21-18-13-9-12(20)6-7-14(13)22-15-10-19(2,3)11-16(23)17(15)18/h6-7,9H,4-5,8,10-11H2,1-3H3,(H,21,22)/p+1. The quantitative estimate of drug-likeness (QED) is 0.781. The number of rotatable bonds is 4. The van der Waals surface area contributed by atoms with Gasteiger partial charge in [-0.2, -0.15) is 0 Å². The molecule has 0 amide bonds. The van der Waals surface area contributed by atoms with Crippen LogP contribution in [0.25, 0.3) is 10.9 Å². The first-order chi connectivity index (χ1) is 10.9. The number of hydrogen-bond donors (Lipinski definition) is 1. The van der Waals surface area contributed by atoms with Crippen LogP contribution >= 0.6 is 15.9 Å². The SMILES string of the molecule is CCCCNc1c2c([nH+]c3ccc(Br)cc13)CC(C)(C)CC2=O. The molecule has 0 bridgehead atoms. The average Bonchev–Trinajstić information content (AvgIpc) is 2.46. The average molecular weight is 376 g/mol. The van der Waals surface area contributed by atoms with Gasteiger partial charge in [0, 0.05) is 29.9 Å². The normalized spacial score (nSPS) is 16.4. The highest BCUT2D eigenvalue weighted by molar-refractivity contribution is 9.10. The van der Waals surface area contributed by atoms with Crippen molar-refractivity contribution in [2.45, 2.75) is 46.5 Å². The number of halogens is 1. The van der Waals surface area contributed by atoms with E-state index in [9.17, 15) is 4.79 Å². The first-order valence-electron chi connectivity index (χ1n) is 8.36. The molecular formula is C19H24BrN2O+. The molecule has 4 heteroatoms. The van der Waals surface area contributed by atoms with Crippen molar-refractivity contribution in [2.75, 3.05) is 11.9 Å². The summed E-state index contributed by atoms with van der Waals surface area (Å²) in [6.07, 6.45) is 3.75. The number of anilines is 1. The Morgan fingerprint density at radius 3 is 2.83 bits per heavy atom. The zero-order valence-corrected chi connectivity index (χ0v) is 15.6. The summed E-state index contributed by atoms with van der Waals surface area (Å²) in [6, 6.07) is 6.21. The fourth-order valence-electron chi connectivity index (χ4n) is 3.42. The Morgan fingerprint density at radius 1 is 1.30 bits per heavy atom. The lowest BCUT2D eigenvalue weighted by Gasteiger charge is -2.28. The van der Waals surface area contributed by atoms with E-state index in [0.717, 1.165) is 58.1 Å².